The molecular formula is C15H22N2O4. The van der Waals surface area contributed by atoms with Gasteiger partial charge in [0.25, 0.3) is 0 Å². The Morgan fingerprint density at radius 1 is 1.10 bits per heavy atom. The molecule has 0 saturated heterocycles. The maximum Gasteiger partial charge on any atom is 0.326 e. The smallest absolute Gasteiger partial charge is 0.326 e. The summed E-state index contributed by atoms with van der Waals surface area (Å²) in [6.07, 6.45) is 0. The maximum atomic E-state index is 12.1. The van der Waals surface area contributed by atoms with Crippen LogP contribution in [0.15, 0.2) is 6.07 Å². The third-order valence-corrected chi connectivity index (χ3v) is 2.75. The summed E-state index contributed by atoms with van der Waals surface area (Å²) < 4.78 is 9.93. The Morgan fingerprint density at radius 3 is 2.05 bits per heavy atom. The summed E-state index contributed by atoms with van der Waals surface area (Å²) in [6, 6.07) is 1.62. The molecule has 21 heavy (non-hydrogen) atoms. The zero-order valence-electron chi connectivity index (χ0n) is 13.2. The Hall–Kier alpha value is -1.98. The number of aryl methyl sites for hydroxylation is 1. The van der Waals surface area contributed by atoms with Gasteiger partial charge >= 0.3 is 11.9 Å². The van der Waals surface area contributed by atoms with Crippen molar-refractivity contribution in [3.05, 3.63) is 23.3 Å². The van der Waals surface area contributed by atoms with E-state index in [1.165, 1.54) is 0 Å². The molecule has 6 nitrogen and oxygen atoms in total. The molecule has 0 radical (unpaired) electrons. The second-order valence-corrected chi connectivity index (χ2v) is 4.88. The molecule has 0 fully saturated rings. The van der Waals surface area contributed by atoms with Crippen molar-refractivity contribution in [1.82, 2.24) is 9.97 Å². The Bertz CT molecular complexity index is 496. The summed E-state index contributed by atoms with van der Waals surface area (Å²) in [5.74, 6) is -1.78. The van der Waals surface area contributed by atoms with Crippen molar-refractivity contribution in [3.63, 3.8) is 0 Å². The van der Waals surface area contributed by atoms with Gasteiger partial charge < -0.3 is 9.47 Å². The van der Waals surface area contributed by atoms with Crippen molar-refractivity contribution in [2.24, 2.45) is 0 Å². The normalized spacial score (nSPS) is 10.8. The first-order chi connectivity index (χ1) is 9.90. The summed E-state index contributed by atoms with van der Waals surface area (Å²) in [6.45, 7) is 9.44. The van der Waals surface area contributed by atoms with E-state index < -0.39 is 17.9 Å². The molecule has 0 unspecified atom stereocenters. The molecule has 1 rings (SSSR count). The highest BCUT2D eigenvalue weighted by atomic mass is 16.6. The third kappa shape index (κ3) is 4.51. The standard InChI is InChI=1S/C15H22N2O4/c1-6-20-14(18)12(15(19)21-7-2)11-8-10(5)16-13(17-11)9(3)4/h8-9,12H,6-7H2,1-5H3. The second kappa shape index (κ2) is 7.71. The first-order valence-electron chi connectivity index (χ1n) is 7.09. The van der Waals surface area contributed by atoms with Gasteiger partial charge in [-0.25, -0.2) is 9.97 Å². The van der Waals surface area contributed by atoms with Crippen LogP contribution in [0.1, 0.15) is 56.7 Å². The number of ether oxygens (including phenoxy) is 2. The van der Waals surface area contributed by atoms with Crippen LogP contribution < -0.4 is 0 Å². The zero-order valence-corrected chi connectivity index (χ0v) is 13.2. The summed E-state index contributed by atoms with van der Waals surface area (Å²) in [5.41, 5.74) is 1.02. The van der Waals surface area contributed by atoms with Gasteiger partial charge in [0.2, 0.25) is 0 Å². The van der Waals surface area contributed by atoms with Crippen LogP contribution in [-0.2, 0) is 19.1 Å². The average molecular weight is 294 g/mol. The lowest BCUT2D eigenvalue weighted by Gasteiger charge is -2.16. The summed E-state index contributed by atoms with van der Waals surface area (Å²) in [5, 5.41) is 0. The van der Waals surface area contributed by atoms with Gasteiger partial charge in [0, 0.05) is 11.6 Å². The predicted octanol–water partition coefficient (Wildman–Crippen LogP) is 2.12. The lowest BCUT2D eigenvalue weighted by molar-refractivity contribution is -0.157. The van der Waals surface area contributed by atoms with E-state index in [1.54, 1.807) is 26.8 Å². The minimum absolute atomic E-state index is 0.0914. The molecular weight excluding hydrogens is 272 g/mol. The molecule has 116 valence electrons. The molecule has 1 aromatic heterocycles. The molecule has 1 heterocycles. The van der Waals surface area contributed by atoms with Crippen molar-refractivity contribution in [3.8, 4) is 0 Å². The van der Waals surface area contributed by atoms with Gasteiger partial charge in [-0.1, -0.05) is 13.8 Å². The zero-order chi connectivity index (χ0) is 16.0. The summed E-state index contributed by atoms with van der Waals surface area (Å²) >= 11 is 0. The number of nitrogens with zero attached hydrogens (tertiary/aromatic N) is 2. The Kier molecular flexibility index (Phi) is 6.27. The molecule has 0 spiro atoms. The van der Waals surface area contributed by atoms with Crippen LogP contribution in [-0.4, -0.2) is 35.1 Å². The highest BCUT2D eigenvalue weighted by Gasteiger charge is 2.33. The van der Waals surface area contributed by atoms with Gasteiger partial charge in [-0.2, -0.15) is 0 Å². The van der Waals surface area contributed by atoms with E-state index in [0.717, 1.165) is 0 Å². The predicted molar refractivity (Wildman–Crippen MR) is 76.9 cm³/mol. The molecule has 0 aliphatic carbocycles. The topological polar surface area (TPSA) is 78.4 Å². The highest BCUT2D eigenvalue weighted by Crippen LogP contribution is 2.21. The van der Waals surface area contributed by atoms with Gasteiger partial charge in [-0.15, -0.1) is 0 Å². The fourth-order valence-electron chi connectivity index (χ4n) is 1.81. The lowest BCUT2D eigenvalue weighted by atomic mass is 10.0. The molecule has 0 bridgehead atoms. The van der Waals surface area contributed by atoms with Gasteiger partial charge in [-0.05, 0) is 26.8 Å². The molecule has 0 aliphatic rings. The quantitative estimate of drug-likeness (QED) is 0.590. The van der Waals surface area contributed by atoms with E-state index >= 15 is 0 Å². The van der Waals surface area contributed by atoms with Crippen molar-refractivity contribution < 1.29 is 19.1 Å². The maximum absolute atomic E-state index is 12.1. The minimum atomic E-state index is -1.16. The van der Waals surface area contributed by atoms with E-state index in [2.05, 4.69) is 9.97 Å². The molecule has 0 amide bonds. The third-order valence-electron chi connectivity index (χ3n) is 2.75. The SMILES string of the molecule is CCOC(=O)C(C(=O)OCC)c1cc(C)nc(C(C)C)n1. The van der Waals surface area contributed by atoms with Crippen LogP contribution in [0.5, 0.6) is 0 Å². The van der Waals surface area contributed by atoms with E-state index in [1.807, 2.05) is 13.8 Å². The first kappa shape index (κ1) is 17.1. The molecule has 0 saturated carbocycles. The van der Waals surface area contributed by atoms with E-state index in [-0.39, 0.29) is 19.1 Å². The fraction of sp³-hybridized carbons (Fsp3) is 0.600. The summed E-state index contributed by atoms with van der Waals surface area (Å²) in [7, 11) is 0. The minimum Gasteiger partial charge on any atom is -0.465 e. The van der Waals surface area contributed by atoms with Gasteiger partial charge in [0.1, 0.15) is 5.82 Å². The van der Waals surface area contributed by atoms with Crippen LogP contribution in [0, 0.1) is 6.92 Å². The number of esters is 2. The van der Waals surface area contributed by atoms with Crippen LogP contribution >= 0.6 is 0 Å². The highest BCUT2D eigenvalue weighted by molar-refractivity contribution is 6.00. The van der Waals surface area contributed by atoms with E-state index in [0.29, 0.717) is 17.2 Å². The molecule has 0 aliphatic heterocycles. The number of carbonyl (C=O) groups excluding carboxylic acids is 2. The summed E-state index contributed by atoms with van der Waals surface area (Å²) in [4.78, 5) is 32.8. The number of carbonyl (C=O) groups is 2. The van der Waals surface area contributed by atoms with Gasteiger partial charge in [0.15, 0.2) is 5.92 Å². The van der Waals surface area contributed by atoms with Crippen LogP contribution in [0.2, 0.25) is 0 Å². The van der Waals surface area contributed by atoms with Crippen molar-refractivity contribution >= 4 is 11.9 Å². The number of aromatic nitrogens is 2. The van der Waals surface area contributed by atoms with Crippen LogP contribution in [0.25, 0.3) is 0 Å². The first-order valence-corrected chi connectivity index (χ1v) is 7.09. The molecule has 0 atom stereocenters. The van der Waals surface area contributed by atoms with E-state index in [4.69, 9.17) is 9.47 Å². The lowest BCUT2D eigenvalue weighted by Crippen LogP contribution is -2.27. The molecule has 1 aromatic rings. The number of hydrogen-bond acceptors (Lipinski definition) is 6. The van der Waals surface area contributed by atoms with Crippen molar-refractivity contribution in [2.45, 2.75) is 46.5 Å². The second-order valence-electron chi connectivity index (χ2n) is 4.88. The Balaban J connectivity index is 3.24. The molecule has 0 aromatic carbocycles. The Morgan fingerprint density at radius 2 is 1.62 bits per heavy atom. The number of hydrogen-bond donors (Lipinski definition) is 0. The van der Waals surface area contributed by atoms with E-state index in [9.17, 15) is 9.59 Å². The van der Waals surface area contributed by atoms with Crippen molar-refractivity contribution in [1.29, 1.82) is 0 Å². The number of rotatable bonds is 6. The molecule has 0 N–H and O–H groups in total. The Labute approximate surface area is 124 Å². The fourth-order valence-corrected chi connectivity index (χ4v) is 1.81. The van der Waals surface area contributed by atoms with Crippen LogP contribution in [0.4, 0.5) is 0 Å². The van der Waals surface area contributed by atoms with Crippen molar-refractivity contribution in [2.75, 3.05) is 13.2 Å². The van der Waals surface area contributed by atoms with Gasteiger partial charge in [-0.3, -0.25) is 9.59 Å². The average Bonchev–Trinajstić information content (AvgIpc) is 2.38. The largest absolute Gasteiger partial charge is 0.465 e. The monoisotopic (exact) mass is 294 g/mol. The van der Waals surface area contributed by atoms with Crippen LogP contribution in [0.3, 0.4) is 0 Å². The van der Waals surface area contributed by atoms with Gasteiger partial charge in [0.05, 0.1) is 18.9 Å². The molecule has 6 heteroatoms.